The first-order chi connectivity index (χ1) is 12.7. The summed E-state index contributed by atoms with van der Waals surface area (Å²) in [6.45, 7) is 1.53. The molecule has 2 heterocycles. The Morgan fingerprint density at radius 3 is 2.65 bits per heavy atom. The average Bonchev–Trinajstić information content (AvgIpc) is 3.07. The summed E-state index contributed by atoms with van der Waals surface area (Å²) in [6.07, 6.45) is 1.96. The van der Waals surface area contributed by atoms with Crippen LogP contribution in [0.4, 0.5) is 0 Å². The number of para-hydroxylation sites is 1. The minimum Gasteiger partial charge on any atom is -0.477 e. The van der Waals surface area contributed by atoms with E-state index < -0.39 is 5.97 Å². The zero-order valence-corrected chi connectivity index (χ0v) is 14.2. The first kappa shape index (κ1) is 16.4. The highest BCUT2D eigenvalue weighted by molar-refractivity contribution is 5.96. The number of nitriles is 1. The van der Waals surface area contributed by atoms with Crippen LogP contribution in [0.25, 0.3) is 16.6 Å². The molecule has 1 N–H and O–H groups in total. The zero-order chi connectivity index (χ0) is 18.1. The largest absolute Gasteiger partial charge is 0.477 e. The Labute approximate surface area is 151 Å². The summed E-state index contributed by atoms with van der Waals surface area (Å²) in [7, 11) is 0. The van der Waals surface area contributed by atoms with Gasteiger partial charge in [0.15, 0.2) is 0 Å². The number of carbonyl (C=O) groups is 1. The molecule has 1 fully saturated rings. The molecule has 0 saturated carbocycles. The van der Waals surface area contributed by atoms with E-state index in [1.165, 1.54) is 5.56 Å². The van der Waals surface area contributed by atoms with E-state index in [1.807, 2.05) is 12.1 Å². The molecule has 0 radical (unpaired) electrons. The van der Waals surface area contributed by atoms with Crippen molar-refractivity contribution < 1.29 is 14.6 Å². The molecule has 0 atom stereocenters. The molecule has 3 aromatic rings. The molecule has 1 aliphatic heterocycles. The lowest BCUT2D eigenvalue weighted by molar-refractivity contribution is 0.0688. The fourth-order valence-corrected chi connectivity index (χ4v) is 3.70. The smallest absolute Gasteiger partial charge is 0.352 e. The molecule has 1 aromatic heterocycles. The van der Waals surface area contributed by atoms with Crippen LogP contribution in [0.5, 0.6) is 0 Å². The van der Waals surface area contributed by atoms with Crippen molar-refractivity contribution in [2.75, 3.05) is 13.2 Å². The zero-order valence-electron chi connectivity index (χ0n) is 14.2. The third-order valence-electron chi connectivity index (χ3n) is 5.00. The number of ether oxygens (including phenoxy) is 1. The third kappa shape index (κ3) is 2.75. The Kier molecular flexibility index (Phi) is 4.19. The lowest BCUT2D eigenvalue weighted by atomic mass is 9.91. The minimum atomic E-state index is -1.01. The van der Waals surface area contributed by atoms with Gasteiger partial charge in [-0.25, -0.2) is 4.79 Å². The van der Waals surface area contributed by atoms with Crippen LogP contribution in [0.15, 0.2) is 48.5 Å². The van der Waals surface area contributed by atoms with Crippen LogP contribution < -0.4 is 0 Å². The van der Waals surface area contributed by atoms with E-state index in [0.717, 1.165) is 37.0 Å². The molecule has 0 amide bonds. The number of rotatable bonds is 3. The van der Waals surface area contributed by atoms with Gasteiger partial charge in [-0.15, -0.1) is 0 Å². The van der Waals surface area contributed by atoms with Crippen molar-refractivity contribution in [3.63, 3.8) is 0 Å². The summed E-state index contributed by atoms with van der Waals surface area (Å²) < 4.78 is 7.09. The molecular weight excluding hydrogens is 328 g/mol. The maximum Gasteiger partial charge on any atom is 0.352 e. The van der Waals surface area contributed by atoms with Crippen molar-refractivity contribution in [3.05, 3.63) is 65.4 Å². The molecular formula is C21H18N2O3. The SMILES string of the molecule is N#Cc1ccccc1-n1c(C(=O)O)cc2cc(C3CCOCC3)ccc21. The Hall–Kier alpha value is -3.10. The number of fused-ring (bicyclic) bond motifs is 1. The number of aromatic carboxylic acids is 1. The molecule has 2 aromatic carbocycles. The number of benzene rings is 2. The lowest BCUT2D eigenvalue weighted by Gasteiger charge is -2.22. The van der Waals surface area contributed by atoms with E-state index in [0.29, 0.717) is 17.2 Å². The van der Waals surface area contributed by atoms with Crippen molar-refractivity contribution in [1.29, 1.82) is 5.26 Å². The highest BCUT2D eigenvalue weighted by Crippen LogP contribution is 2.32. The van der Waals surface area contributed by atoms with Crippen molar-refractivity contribution in [3.8, 4) is 11.8 Å². The maximum absolute atomic E-state index is 11.8. The molecule has 0 bridgehead atoms. The van der Waals surface area contributed by atoms with E-state index >= 15 is 0 Å². The van der Waals surface area contributed by atoms with Gasteiger partial charge in [0.05, 0.1) is 16.8 Å². The second kappa shape index (κ2) is 6.66. The summed E-state index contributed by atoms with van der Waals surface area (Å²) in [5.41, 5.74) is 3.19. The maximum atomic E-state index is 11.8. The Bertz CT molecular complexity index is 1020. The number of carboxylic acids is 1. The minimum absolute atomic E-state index is 0.159. The molecule has 1 aliphatic rings. The number of nitrogens with zero attached hydrogens (tertiary/aromatic N) is 2. The van der Waals surface area contributed by atoms with Gasteiger partial charge in [-0.1, -0.05) is 18.2 Å². The summed E-state index contributed by atoms with van der Waals surface area (Å²) in [5.74, 6) is -0.572. The Balaban J connectivity index is 1.90. The topological polar surface area (TPSA) is 75.2 Å². The summed E-state index contributed by atoms with van der Waals surface area (Å²) in [6, 6.07) is 17.0. The molecule has 130 valence electrons. The van der Waals surface area contributed by atoms with Gasteiger partial charge in [0.1, 0.15) is 11.8 Å². The highest BCUT2D eigenvalue weighted by atomic mass is 16.5. The average molecular weight is 346 g/mol. The first-order valence-electron chi connectivity index (χ1n) is 8.65. The Morgan fingerprint density at radius 2 is 1.92 bits per heavy atom. The molecule has 1 saturated heterocycles. The molecule has 26 heavy (non-hydrogen) atoms. The van der Waals surface area contributed by atoms with Crippen molar-refractivity contribution in [2.24, 2.45) is 0 Å². The predicted molar refractivity (Wildman–Crippen MR) is 97.7 cm³/mol. The van der Waals surface area contributed by atoms with Crippen molar-refractivity contribution >= 4 is 16.9 Å². The number of hydrogen-bond acceptors (Lipinski definition) is 3. The van der Waals surface area contributed by atoms with E-state index in [-0.39, 0.29) is 5.69 Å². The van der Waals surface area contributed by atoms with Gasteiger partial charge in [0.25, 0.3) is 0 Å². The molecule has 4 rings (SSSR count). The Morgan fingerprint density at radius 1 is 1.15 bits per heavy atom. The molecule has 5 heteroatoms. The van der Waals surface area contributed by atoms with Crippen LogP contribution in [0, 0.1) is 11.3 Å². The van der Waals surface area contributed by atoms with Gasteiger partial charge < -0.3 is 14.4 Å². The normalized spacial score (nSPS) is 15.0. The standard InChI is InChI=1S/C21H18N2O3/c22-13-16-3-1-2-4-18(16)23-19-6-5-15(14-7-9-26-10-8-14)11-17(19)12-20(23)21(24)25/h1-6,11-12,14H,7-10H2,(H,24,25). The first-order valence-corrected chi connectivity index (χ1v) is 8.65. The van der Waals surface area contributed by atoms with Crippen LogP contribution in [-0.2, 0) is 4.74 Å². The van der Waals surface area contributed by atoms with Crippen LogP contribution in [0.3, 0.4) is 0 Å². The summed E-state index contributed by atoms with van der Waals surface area (Å²) in [5, 5.41) is 20.0. The fraction of sp³-hybridized carbons (Fsp3) is 0.238. The number of hydrogen-bond donors (Lipinski definition) is 1. The second-order valence-electron chi connectivity index (χ2n) is 6.50. The van der Waals surface area contributed by atoms with Gasteiger partial charge in [-0.05, 0) is 54.7 Å². The van der Waals surface area contributed by atoms with Crippen molar-refractivity contribution in [1.82, 2.24) is 4.57 Å². The molecule has 5 nitrogen and oxygen atoms in total. The van der Waals surface area contributed by atoms with E-state index in [1.54, 1.807) is 28.8 Å². The van der Waals surface area contributed by atoms with E-state index in [4.69, 9.17) is 4.74 Å². The van der Waals surface area contributed by atoms with Crippen LogP contribution in [-0.4, -0.2) is 28.9 Å². The van der Waals surface area contributed by atoms with Crippen molar-refractivity contribution in [2.45, 2.75) is 18.8 Å². The van der Waals surface area contributed by atoms with Gasteiger partial charge in [-0.2, -0.15) is 5.26 Å². The number of carboxylic acid groups (broad SMARTS) is 1. The molecule has 0 aliphatic carbocycles. The van der Waals surface area contributed by atoms with Gasteiger partial charge in [0.2, 0.25) is 0 Å². The highest BCUT2D eigenvalue weighted by Gasteiger charge is 2.21. The van der Waals surface area contributed by atoms with Gasteiger partial charge in [-0.3, -0.25) is 0 Å². The van der Waals surface area contributed by atoms with Gasteiger partial charge in [0, 0.05) is 18.6 Å². The predicted octanol–water partition coefficient (Wildman–Crippen LogP) is 4.09. The fourth-order valence-electron chi connectivity index (χ4n) is 3.70. The molecule has 0 spiro atoms. The number of aromatic nitrogens is 1. The molecule has 0 unspecified atom stereocenters. The third-order valence-corrected chi connectivity index (χ3v) is 5.00. The second-order valence-corrected chi connectivity index (χ2v) is 6.50. The monoisotopic (exact) mass is 346 g/mol. The van der Waals surface area contributed by atoms with E-state index in [9.17, 15) is 15.2 Å². The van der Waals surface area contributed by atoms with E-state index in [2.05, 4.69) is 18.2 Å². The van der Waals surface area contributed by atoms with Crippen LogP contribution in [0.1, 0.15) is 40.4 Å². The van der Waals surface area contributed by atoms with Crippen LogP contribution >= 0.6 is 0 Å². The summed E-state index contributed by atoms with van der Waals surface area (Å²) >= 11 is 0. The van der Waals surface area contributed by atoms with Gasteiger partial charge >= 0.3 is 5.97 Å². The lowest BCUT2D eigenvalue weighted by Crippen LogP contribution is -2.13. The van der Waals surface area contributed by atoms with Crippen LogP contribution in [0.2, 0.25) is 0 Å². The quantitative estimate of drug-likeness (QED) is 0.775. The summed E-state index contributed by atoms with van der Waals surface area (Å²) in [4.78, 5) is 11.8.